The number of rotatable bonds is 4. The van der Waals surface area contributed by atoms with Crippen molar-refractivity contribution in [1.82, 2.24) is 14.7 Å². The molecule has 0 aliphatic carbocycles. The standard InChI is InChI=1S/C32H45N3O4/c1-31(2,3)38-29(36)34-16-14-27(15-17-34)25-10-12-26(13-11-25)28-9-7-8-24(22-28)23-33-18-20-35(21-19-33)30(37)39-32(4,5)6/h7-13,22,27H,14-21,23H2,1-6H3. The van der Waals surface area contributed by atoms with Crippen molar-refractivity contribution >= 4 is 12.2 Å². The smallest absolute Gasteiger partial charge is 0.410 e. The molecule has 0 unspecified atom stereocenters. The molecule has 0 aromatic heterocycles. The Labute approximate surface area is 234 Å². The van der Waals surface area contributed by atoms with Gasteiger partial charge in [-0.1, -0.05) is 42.5 Å². The van der Waals surface area contributed by atoms with Gasteiger partial charge >= 0.3 is 12.2 Å². The second kappa shape index (κ2) is 12.0. The molecule has 0 radical (unpaired) electrons. The van der Waals surface area contributed by atoms with E-state index >= 15 is 0 Å². The zero-order valence-corrected chi connectivity index (χ0v) is 24.5. The molecular formula is C32H45N3O4. The highest BCUT2D eigenvalue weighted by atomic mass is 16.6. The molecule has 4 rings (SSSR count). The molecule has 2 heterocycles. The van der Waals surface area contributed by atoms with Crippen LogP contribution < -0.4 is 0 Å². The van der Waals surface area contributed by atoms with Gasteiger partial charge in [0, 0.05) is 45.8 Å². The summed E-state index contributed by atoms with van der Waals surface area (Å²) in [7, 11) is 0. The topological polar surface area (TPSA) is 62.3 Å². The Hall–Kier alpha value is -3.06. The maximum Gasteiger partial charge on any atom is 0.410 e. The molecule has 0 spiro atoms. The van der Waals surface area contributed by atoms with E-state index in [9.17, 15) is 9.59 Å². The lowest BCUT2D eigenvalue weighted by Crippen LogP contribution is -2.49. The van der Waals surface area contributed by atoms with Gasteiger partial charge in [-0.3, -0.25) is 4.90 Å². The van der Waals surface area contributed by atoms with Gasteiger partial charge < -0.3 is 19.3 Å². The van der Waals surface area contributed by atoms with E-state index in [4.69, 9.17) is 9.47 Å². The van der Waals surface area contributed by atoms with E-state index in [1.54, 1.807) is 4.90 Å². The number of hydrogen-bond acceptors (Lipinski definition) is 5. The second-order valence-electron chi connectivity index (χ2n) is 12.8. The molecule has 2 aromatic rings. The molecule has 0 saturated carbocycles. The van der Waals surface area contributed by atoms with Gasteiger partial charge in [-0.15, -0.1) is 0 Å². The molecule has 7 heteroatoms. The van der Waals surface area contributed by atoms with Crippen LogP contribution in [0.25, 0.3) is 11.1 Å². The fourth-order valence-corrected chi connectivity index (χ4v) is 5.19. The van der Waals surface area contributed by atoms with E-state index in [1.165, 1.54) is 22.3 Å². The first kappa shape index (κ1) is 28.9. The summed E-state index contributed by atoms with van der Waals surface area (Å²) < 4.78 is 11.1. The molecular weight excluding hydrogens is 490 g/mol. The Morgan fingerprint density at radius 3 is 1.79 bits per heavy atom. The van der Waals surface area contributed by atoms with Gasteiger partial charge in [0.25, 0.3) is 0 Å². The first-order valence-electron chi connectivity index (χ1n) is 14.2. The lowest BCUT2D eigenvalue weighted by atomic mass is 9.88. The van der Waals surface area contributed by atoms with Crippen LogP contribution in [0.15, 0.2) is 48.5 Å². The second-order valence-corrected chi connectivity index (χ2v) is 12.8. The van der Waals surface area contributed by atoms with E-state index in [0.29, 0.717) is 19.0 Å². The highest BCUT2D eigenvalue weighted by Gasteiger charge is 2.28. The number of nitrogens with zero attached hydrogens (tertiary/aromatic N) is 3. The van der Waals surface area contributed by atoms with Crippen LogP contribution in [0, 0.1) is 0 Å². The van der Waals surface area contributed by atoms with Crippen molar-refractivity contribution in [2.45, 2.75) is 78.0 Å². The van der Waals surface area contributed by atoms with E-state index < -0.39 is 11.2 Å². The molecule has 2 aliphatic heterocycles. The third-order valence-electron chi connectivity index (χ3n) is 7.22. The fourth-order valence-electron chi connectivity index (χ4n) is 5.19. The van der Waals surface area contributed by atoms with Crippen LogP contribution in [0.3, 0.4) is 0 Å². The molecule has 0 atom stereocenters. The van der Waals surface area contributed by atoms with Crippen LogP contribution in [0.4, 0.5) is 9.59 Å². The zero-order valence-electron chi connectivity index (χ0n) is 24.5. The summed E-state index contributed by atoms with van der Waals surface area (Å²) in [6, 6.07) is 17.7. The van der Waals surface area contributed by atoms with Gasteiger partial charge in [0.2, 0.25) is 0 Å². The number of piperazine rings is 1. The number of piperidine rings is 1. The minimum absolute atomic E-state index is 0.207. The number of hydrogen-bond donors (Lipinski definition) is 0. The summed E-state index contributed by atoms with van der Waals surface area (Å²) in [5.41, 5.74) is 4.11. The predicted molar refractivity (Wildman–Crippen MR) is 155 cm³/mol. The first-order chi connectivity index (χ1) is 18.4. The number of benzene rings is 2. The number of amides is 2. The Kier molecular flexibility index (Phi) is 8.90. The van der Waals surface area contributed by atoms with Crippen LogP contribution in [-0.4, -0.2) is 77.4 Å². The molecule has 2 amide bonds. The van der Waals surface area contributed by atoms with Crippen molar-refractivity contribution in [3.63, 3.8) is 0 Å². The maximum absolute atomic E-state index is 12.4. The van der Waals surface area contributed by atoms with Crippen molar-refractivity contribution in [2.24, 2.45) is 0 Å². The van der Waals surface area contributed by atoms with Gasteiger partial charge in [-0.25, -0.2) is 9.59 Å². The monoisotopic (exact) mass is 535 g/mol. The fraction of sp³-hybridized carbons (Fsp3) is 0.562. The summed E-state index contributed by atoms with van der Waals surface area (Å²) in [5, 5.41) is 0. The highest BCUT2D eigenvalue weighted by Crippen LogP contribution is 2.31. The normalized spacial score (nSPS) is 17.7. The molecule has 212 valence electrons. The minimum atomic E-state index is -0.466. The van der Waals surface area contributed by atoms with Crippen molar-refractivity contribution in [3.8, 4) is 11.1 Å². The lowest BCUT2D eigenvalue weighted by molar-refractivity contribution is 0.0137. The third kappa shape index (κ3) is 8.46. The van der Waals surface area contributed by atoms with Gasteiger partial charge in [0.05, 0.1) is 0 Å². The molecule has 0 bridgehead atoms. The van der Waals surface area contributed by atoms with E-state index in [2.05, 4.69) is 53.4 Å². The van der Waals surface area contributed by atoms with Crippen molar-refractivity contribution < 1.29 is 19.1 Å². The van der Waals surface area contributed by atoms with Crippen LogP contribution >= 0.6 is 0 Å². The van der Waals surface area contributed by atoms with Crippen molar-refractivity contribution in [2.75, 3.05) is 39.3 Å². The average Bonchev–Trinajstić information content (AvgIpc) is 2.87. The van der Waals surface area contributed by atoms with Crippen LogP contribution in [0.1, 0.15) is 71.4 Å². The molecule has 2 fully saturated rings. The van der Waals surface area contributed by atoms with E-state index in [1.807, 2.05) is 46.4 Å². The highest BCUT2D eigenvalue weighted by molar-refractivity contribution is 5.69. The molecule has 2 aliphatic rings. The van der Waals surface area contributed by atoms with Crippen LogP contribution in [0.2, 0.25) is 0 Å². The molecule has 2 saturated heterocycles. The molecule has 2 aromatic carbocycles. The summed E-state index contributed by atoms with van der Waals surface area (Å²) in [6.45, 7) is 16.8. The largest absolute Gasteiger partial charge is 0.444 e. The van der Waals surface area contributed by atoms with Gasteiger partial charge in [0.1, 0.15) is 11.2 Å². The lowest BCUT2D eigenvalue weighted by Gasteiger charge is -2.35. The number of likely N-dealkylation sites (tertiary alicyclic amines) is 1. The van der Waals surface area contributed by atoms with Gasteiger partial charge in [0.15, 0.2) is 0 Å². The average molecular weight is 536 g/mol. The van der Waals surface area contributed by atoms with Gasteiger partial charge in [-0.05, 0) is 88.6 Å². The Morgan fingerprint density at radius 1 is 0.718 bits per heavy atom. The summed E-state index contributed by atoms with van der Waals surface area (Å²) in [6.07, 6.45) is 1.48. The predicted octanol–water partition coefficient (Wildman–Crippen LogP) is 6.52. The summed E-state index contributed by atoms with van der Waals surface area (Å²) in [4.78, 5) is 30.8. The van der Waals surface area contributed by atoms with E-state index in [-0.39, 0.29) is 12.2 Å². The molecule has 0 N–H and O–H groups in total. The summed E-state index contributed by atoms with van der Waals surface area (Å²) >= 11 is 0. The van der Waals surface area contributed by atoms with Crippen molar-refractivity contribution in [1.29, 1.82) is 0 Å². The zero-order chi connectivity index (χ0) is 28.2. The third-order valence-corrected chi connectivity index (χ3v) is 7.22. The SMILES string of the molecule is CC(C)(C)OC(=O)N1CCC(c2ccc(-c3cccc(CN4CCN(C(=O)OC(C)(C)C)CC4)c3)cc2)CC1. The minimum Gasteiger partial charge on any atom is -0.444 e. The first-order valence-corrected chi connectivity index (χ1v) is 14.2. The van der Waals surface area contributed by atoms with Crippen LogP contribution in [-0.2, 0) is 16.0 Å². The quantitative estimate of drug-likeness (QED) is 0.446. The Morgan fingerprint density at radius 2 is 1.26 bits per heavy atom. The number of carbonyl (C=O) groups excluding carboxylic acids is 2. The summed E-state index contributed by atoms with van der Waals surface area (Å²) in [5.74, 6) is 0.461. The van der Waals surface area contributed by atoms with Gasteiger partial charge in [-0.2, -0.15) is 0 Å². The number of ether oxygens (including phenoxy) is 2. The molecule has 7 nitrogen and oxygen atoms in total. The maximum atomic E-state index is 12.4. The number of carbonyl (C=O) groups is 2. The van der Waals surface area contributed by atoms with Crippen LogP contribution in [0.5, 0.6) is 0 Å². The Bertz CT molecular complexity index is 1120. The molecule has 39 heavy (non-hydrogen) atoms. The van der Waals surface area contributed by atoms with Crippen molar-refractivity contribution in [3.05, 3.63) is 59.7 Å². The Balaban J connectivity index is 1.29. The van der Waals surface area contributed by atoms with E-state index in [0.717, 1.165) is 45.6 Å².